The molecule has 0 radical (unpaired) electrons. The smallest absolute Gasteiger partial charge is 0.194 e. The van der Waals surface area contributed by atoms with E-state index >= 15 is 0 Å². The van der Waals surface area contributed by atoms with Gasteiger partial charge in [0.2, 0.25) is 0 Å². The van der Waals surface area contributed by atoms with E-state index in [1.165, 1.54) is 13.2 Å². The highest BCUT2D eigenvalue weighted by molar-refractivity contribution is 5.79. The zero-order chi connectivity index (χ0) is 19.9. The SMILES string of the molecule is CN=C(NCc1ccc(OC)c(F)c1)N(C)Cc1ncc(-c2ccccc2)[nH]1. The van der Waals surface area contributed by atoms with E-state index in [1.54, 1.807) is 13.1 Å². The van der Waals surface area contributed by atoms with Crippen molar-refractivity contribution in [2.75, 3.05) is 21.2 Å². The fraction of sp³-hybridized carbons (Fsp3) is 0.238. The van der Waals surface area contributed by atoms with Crippen LogP contribution < -0.4 is 10.1 Å². The van der Waals surface area contributed by atoms with Crippen molar-refractivity contribution in [1.29, 1.82) is 0 Å². The molecule has 0 saturated heterocycles. The number of benzene rings is 2. The number of hydrogen-bond acceptors (Lipinski definition) is 3. The molecule has 0 unspecified atom stereocenters. The van der Waals surface area contributed by atoms with E-state index in [1.807, 2.05) is 54.5 Å². The Bertz CT molecular complexity index is 939. The van der Waals surface area contributed by atoms with Gasteiger partial charge < -0.3 is 19.9 Å². The largest absolute Gasteiger partial charge is 0.494 e. The van der Waals surface area contributed by atoms with Crippen molar-refractivity contribution in [2.45, 2.75) is 13.1 Å². The fourth-order valence-electron chi connectivity index (χ4n) is 2.89. The van der Waals surface area contributed by atoms with Crippen LogP contribution in [0.3, 0.4) is 0 Å². The van der Waals surface area contributed by atoms with Gasteiger partial charge in [-0.3, -0.25) is 4.99 Å². The Morgan fingerprint density at radius 1 is 1.25 bits per heavy atom. The molecule has 28 heavy (non-hydrogen) atoms. The molecule has 1 aromatic heterocycles. The third kappa shape index (κ3) is 4.68. The summed E-state index contributed by atoms with van der Waals surface area (Å²) in [6, 6.07) is 14.9. The highest BCUT2D eigenvalue weighted by atomic mass is 19.1. The Kier molecular flexibility index (Phi) is 6.26. The molecule has 3 aromatic rings. The summed E-state index contributed by atoms with van der Waals surface area (Å²) in [6.07, 6.45) is 1.83. The lowest BCUT2D eigenvalue weighted by molar-refractivity contribution is 0.386. The van der Waals surface area contributed by atoms with E-state index in [4.69, 9.17) is 4.74 Å². The van der Waals surface area contributed by atoms with Crippen molar-refractivity contribution in [2.24, 2.45) is 4.99 Å². The summed E-state index contributed by atoms with van der Waals surface area (Å²) in [4.78, 5) is 14.0. The molecule has 2 aromatic carbocycles. The number of methoxy groups -OCH3 is 1. The molecule has 0 aliphatic rings. The number of aliphatic imine (C=N–C) groups is 1. The zero-order valence-corrected chi connectivity index (χ0v) is 16.2. The second kappa shape index (κ2) is 9.03. The van der Waals surface area contributed by atoms with Crippen LogP contribution in [-0.4, -0.2) is 42.0 Å². The average Bonchev–Trinajstić information content (AvgIpc) is 3.18. The zero-order valence-electron chi connectivity index (χ0n) is 16.2. The van der Waals surface area contributed by atoms with Crippen molar-refractivity contribution in [3.63, 3.8) is 0 Å². The lowest BCUT2D eigenvalue weighted by Gasteiger charge is -2.21. The van der Waals surface area contributed by atoms with Gasteiger partial charge in [0.1, 0.15) is 5.82 Å². The Morgan fingerprint density at radius 2 is 2.04 bits per heavy atom. The number of hydrogen-bond donors (Lipinski definition) is 2. The average molecular weight is 381 g/mol. The molecule has 2 N–H and O–H groups in total. The summed E-state index contributed by atoms with van der Waals surface area (Å²) in [5, 5.41) is 3.24. The fourth-order valence-corrected chi connectivity index (χ4v) is 2.89. The van der Waals surface area contributed by atoms with Gasteiger partial charge in [0.15, 0.2) is 17.5 Å². The molecule has 0 saturated carbocycles. The molecule has 0 aliphatic carbocycles. The summed E-state index contributed by atoms with van der Waals surface area (Å²) in [5.74, 6) is 1.38. The van der Waals surface area contributed by atoms with E-state index in [2.05, 4.69) is 20.3 Å². The van der Waals surface area contributed by atoms with E-state index in [-0.39, 0.29) is 11.6 Å². The van der Waals surface area contributed by atoms with Gasteiger partial charge in [-0.25, -0.2) is 9.37 Å². The van der Waals surface area contributed by atoms with Crippen molar-refractivity contribution < 1.29 is 9.13 Å². The first-order valence-corrected chi connectivity index (χ1v) is 8.94. The second-order valence-electron chi connectivity index (χ2n) is 6.34. The molecule has 0 amide bonds. The number of guanidine groups is 1. The van der Waals surface area contributed by atoms with E-state index in [9.17, 15) is 4.39 Å². The van der Waals surface area contributed by atoms with Crippen LogP contribution in [0.4, 0.5) is 4.39 Å². The summed E-state index contributed by atoms with van der Waals surface area (Å²) in [7, 11) is 5.09. The lowest BCUT2D eigenvalue weighted by Crippen LogP contribution is -2.38. The minimum absolute atomic E-state index is 0.234. The third-order valence-corrected chi connectivity index (χ3v) is 4.34. The van der Waals surface area contributed by atoms with Crippen LogP contribution in [0.15, 0.2) is 59.7 Å². The van der Waals surface area contributed by atoms with Gasteiger partial charge in [-0.1, -0.05) is 36.4 Å². The molecule has 146 valence electrons. The third-order valence-electron chi connectivity index (χ3n) is 4.34. The van der Waals surface area contributed by atoms with E-state index in [0.29, 0.717) is 19.0 Å². The predicted molar refractivity (Wildman–Crippen MR) is 109 cm³/mol. The number of nitrogens with zero attached hydrogens (tertiary/aromatic N) is 3. The maximum absolute atomic E-state index is 13.8. The Labute approximate surface area is 164 Å². The van der Waals surface area contributed by atoms with Gasteiger partial charge in [0.25, 0.3) is 0 Å². The van der Waals surface area contributed by atoms with Gasteiger partial charge in [0.05, 0.1) is 25.5 Å². The number of H-pyrrole nitrogens is 1. The monoisotopic (exact) mass is 381 g/mol. The summed E-state index contributed by atoms with van der Waals surface area (Å²) < 4.78 is 18.8. The van der Waals surface area contributed by atoms with Crippen LogP contribution in [0.2, 0.25) is 0 Å². The molecular formula is C21H24FN5O. The number of rotatable bonds is 6. The lowest BCUT2D eigenvalue weighted by atomic mass is 10.2. The van der Waals surface area contributed by atoms with Crippen LogP contribution in [-0.2, 0) is 13.1 Å². The second-order valence-corrected chi connectivity index (χ2v) is 6.34. The molecule has 0 fully saturated rings. The standard InChI is InChI=1S/C21H24FN5O/c1-23-21(25-12-15-9-10-19(28-3)17(22)11-15)27(2)14-20-24-13-18(26-20)16-7-5-4-6-8-16/h4-11,13H,12,14H2,1-3H3,(H,23,25)(H,24,26). The van der Waals surface area contributed by atoms with Crippen molar-refractivity contribution in [1.82, 2.24) is 20.2 Å². The number of imidazole rings is 1. The Morgan fingerprint density at radius 3 is 2.71 bits per heavy atom. The van der Waals surface area contributed by atoms with Crippen LogP contribution >= 0.6 is 0 Å². The summed E-state index contributed by atoms with van der Waals surface area (Å²) >= 11 is 0. The first-order valence-electron chi connectivity index (χ1n) is 8.94. The first-order chi connectivity index (χ1) is 13.6. The van der Waals surface area contributed by atoms with E-state index < -0.39 is 0 Å². The summed E-state index contributed by atoms with van der Waals surface area (Å²) in [6.45, 7) is 1.01. The molecule has 3 rings (SSSR count). The van der Waals surface area contributed by atoms with Crippen LogP contribution in [0.1, 0.15) is 11.4 Å². The molecule has 0 bridgehead atoms. The normalized spacial score (nSPS) is 11.4. The quantitative estimate of drug-likeness (QED) is 0.507. The maximum atomic E-state index is 13.8. The maximum Gasteiger partial charge on any atom is 0.194 e. The van der Waals surface area contributed by atoms with Crippen LogP contribution in [0.25, 0.3) is 11.3 Å². The topological polar surface area (TPSA) is 65.5 Å². The first kappa shape index (κ1) is 19.4. The van der Waals surface area contributed by atoms with Gasteiger partial charge in [-0.15, -0.1) is 0 Å². The molecule has 6 nitrogen and oxygen atoms in total. The number of aromatic nitrogens is 2. The molecule has 0 aliphatic heterocycles. The molecule has 0 atom stereocenters. The number of aromatic amines is 1. The van der Waals surface area contributed by atoms with Crippen LogP contribution in [0.5, 0.6) is 5.75 Å². The van der Waals surface area contributed by atoms with E-state index in [0.717, 1.165) is 22.6 Å². The number of ether oxygens (including phenoxy) is 1. The predicted octanol–water partition coefficient (Wildman–Crippen LogP) is 3.43. The van der Waals surface area contributed by atoms with Gasteiger partial charge in [0, 0.05) is 20.6 Å². The number of nitrogens with one attached hydrogen (secondary N) is 2. The number of halogens is 1. The van der Waals surface area contributed by atoms with Crippen LogP contribution in [0, 0.1) is 5.82 Å². The minimum atomic E-state index is -0.380. The Balaban J connectivity index is 1.60. The van der Waals surface area contributed by atoms with Crippen molar-refractivity contribution >= 4 is 5.96 Å². The highest BCUT2D eigenvalue weighted by Gasteiger charge is 2.11. The van der Waals surface area contributed by atoms with Crippen molar-refractivity contribution in [3.05, 3.63) is 71.9 Å². The summed E-state index contributed by atoms with van der Waals surface area (Å²) in [5.41, 5.74) is 2.87. The minimum Gasteiger partial charge on any atom is -0.494 e. The molecule has 1 heterocycles. The highest BCUT2D eigenvalue weighted by Crippen LogP contribution is 2.18. The van der Waals surface area contributed by atoms with Gasteiger partial charge >= 0.3 is 0 Å². The Hall–Kier alpha value is -3.35. The molecule has 7 heteroatoms. The molecule has 0 spiro atoms. The van der Waals surface area contributed by atoms with Gasteiger partial charge in [-0.2, -0.15) is 0 Å². The van der Waals surface area contributed by atoms with Gasteiger partial charge in [-0.05, 0) is 23.3 Å². The molecular weight excluding hydrogens is 357 g/mol. The van der Waals surface area contributed by atoms with Crippen molar-refractivity contribution in [3.8, 4) is 17.0 Å².